The molecule has 1 aliphatic carbocycles. The van der Waals surface area contributed by atoms with Crippen LogP contribution in [-0.2, 0) is 10.9 Å². The van der Waals surface area contributed by atoms with E-state index in [0.717, 1.165) is 22.4 Å². The van der Waals surface area contributed by atoms with Crippen LogP contribution in [0.2, 0.25) is 5.02 Å². The van der Waals surface area contributed by atoms with Gasteiger partial charge >= 0.3 is 166 Å². The molecule has 2 aliphatic rings. The molecule has 3 unspecified atom stereocenters. The summed E-state index contributed by atoms with van der Waals surface area (Å²) in [7, 11) is 1.88. The fraction of sp³-hybridized carbons (Fsp3) is 0.364. The van der Waals surface area contributed by atoms with E-state index in [2.05, 4.69) is 21.3 Å². The summed E-state index contributed by atoms with van der Waals surface area (Å²) in [4.78, 5) is 12.3. The van der Waals surface area contributed by atoms with Gasteiger partial charge in [-0.2, -0.15) is 13.2 Å². The van der Waals surface area contributed by atoms with Gasteiger partial charge in [0.2, 0.25) is 0 Å². The van der Waals surface area contributed by atoms with Crippen molar-refractivity contribution in [3.8, 4) is 0 Å². The van der Waals surface area contributed by atoms with Gasteiger partial charge in [0.1, 0.15) is 0 Å². The van der Waals surface area contributed by atoms with Crippen molar-refractivity contribution in [1.82, 2.24) is 16.0 Å². The van der Waals surface area contributed by atoms with E-state index in [1.807, 2.05) is 19.3 Å². The molecular weight excluding hydrogens is 621 g/mol. The first-order chi connectivity index (χ1) is 16.6. The normalized spacial score (nSPS) is 22.3. The third kappa shape index (κ3) is 7.51. The Kier molecular flexibility index (Phi) is 9.73. The molecule has 1 aliphatic heterocycles. The number of rotatable bonds is 8. The first-order valence-electron chi connectivity index (χ1n) is 10.5. The Morgan fingerprint density at radius 2 is 2.09 bits per heavy atom. The van der Waals surface area contributed by atoms with Gasteiger partial charge in [-0.05, 0) is 18.2 Å². The van der Waals surface area contributed by atoms with Crippen LogP contribution in [0.15, 0.2) is 54.1 Å². The third-order valence-corrected chi connectivity index (χ3v) is 11.8. The summed E-state index contributed by atoms with van der Waals surface area (Å²) in [5.41, 5.74) is -0.442. The average molecular weight is 647 g/mol. The second kappa shape index (κ2) is 12.3. The molecule has 0 radical (unpaired) electrons. The Bertz CT molecular complexity index is 1030. The van der Waals surface area contributed by atoms with Gasteiger partial charge < -0.3 is 0 Å². The molecule has 13 heteroatoms. The van der Waals surface area contributed by atoms with Gasteiger partial charge in [0.25, 0.3) is 0 Å². The van der Waals surface area contributed by atoms with Crippen LogP contribution in [0, 0.1) is 0 Å². The van der Waals surface area contributed by atoms with Crippen LogP contribution in [0.3, 0.4) is 0 Å². The molecular formula is C22H26Cl2F3IN5O2+. The fourth-order valence-corrected chi connectivity index (χ4v) is 8.70. The number of anilines is 1. The number of hydrogen-bond acceptors (Lipinski definition) is 4. The predicted octanol–water partition coefficient (Wildman–Crippen LogP) is 3.95. The first kappa shape index (κ1) is 27.6. The van der Waals surface area contributed by atoms with Gasteiger partial charge in [-0.15, -0.1) is 0 Å². The maximum atomic E-state index is 13.0. The van der Waals surface area contributed by atoms with Crippen molar-refractivity contribution in [2.45, 2.75) is 34.5 Å². The molecule has 1 heterocycles. The Balaban J connectivity index is 1.58. The number of benzene rings is 1. The van der Waals surface area contributed by atoms with Crippen LogP contribution < -0.4 is 26.7 Å². The molecule has 1 aromatic rings. The van der Waals surface area contributed by atoms with Crippen molar-refractivity contribution < 1.29 is 28.1 Å². The number of allylic oxidation sites excluding steroid dienone is 4. The fourth-order valence-electron chi connectivity index (χ4n) is 3.43. The number of amides is 2. The SMILES string of the molecule is CNCI(C=[NH2+])C1NC=CC(OC2=CC=C(NC(=O)Nc3ccc(Cl)c(C(F)(F)F)c3)CC2)C1Cl. The summed E-state index contributed by atoms with van der Waals surface area (Å²) in [6.07, 6.45) is 3.21. The Morgan fingerprint density at radius 1 is 1.31 bits per heavy atom. The number of carbonyl (C=O) groups is 1. The van der Waals surface area contributed by atoms with Gasteiger partial charge in [0.15, 0.2) is 0 Å². The molecule has 0 bridgehead atoms. The number of ether oxygens (including phenoxy) is 1. The van der Waals surface area contributed by atoms with Crippen molar-refractivity contribution in [3.05, 3.63) is 64.7 Å². The van der Waals surface area contributed by atoms with Gasteiger partial charge in [-0.25, -0.2) is 0 Å². The molecule has 0 aromatic heterocycles. The summed E-state index contributed by atoms with van der Waals surface area (Å²) < 4.78 is 47.8. The van der Waals surface area contributed by atoms with Gasteiger partial charge in [-0.3, -0.25) is 0 Å². The Hall–Kier alpha value is -1.96. The number of urea groups is 1. The van der Waals surface area contributed by atoms with Crippen molar-refractivity contribution in [2.24, 2.45) is 0 Å². The minimum atomic E-state index is -4.62. The zero-order chi connectivity index (χ0) is 25.6. The molecule has 3 rings (SSSR count). The molecule has 6 N–H and O–H groups in total. The molecule has 192 valence electrons. The van der Waals surface area contributed by atoms with E-state index >= 15 is 0 Å². The minimum absolute atomic E-state index is 0.0223. The third-order valence-electron chi connectivity index (χ3n) is 5.09. The average Bonchev–Trinajstić information content (AvgIpc) is 2.81. The second-order valence-electron chi connectivity index (χ2n) is 7.60. The molecule has 7 nitrogen and oxygen atoms in total. The van der Waals surface area contributed by atoms with Crippen molar-refractivity contribution in [2.75, 3.05) is 16.9 Å². The molecule has 2 amide bonds. The van der Waals surface area contributed by atoms with Gasteiger partial charge in [0.05, 0.1) is 10.6 Å². The molecule has 1 aromatic carbocycles. The first-order valence-corrected chi connectivity index (χ1v) is 15.4. The van der Waals surface area contributed by atoms with Crippen LogP contribution in [0.25, 0.3) is 0 Å². The van der Waals surface area contributed by atoms with E-state index in [1.165, 1.54) is 6.07 Å². The summed E-state index contributed by atoms with van der Waals surface area (Å²) in [5, 5.41) is 16.6. The zero-order valence-corrected chi connectivity index (χ0v) is 22.3. The number of nitrogens with two attached hydrogens (primary N) is 1. The second-order valence-corrected chi connectivity index (χ2v) is 13.8. The molecule has 0 spiro atoms. The summed E-state index contributed by atoms with van der Waals surface area (Å²) in [5.74, 6) is 0.718. The number of alkyl halides is 6. The van der Waals surface area contributed by atoms with Crippen molar-refractivity contribution in [1.29, 1.82) is 0 Å². The van der Waals surface area contributed by atoms with Crippen LogP contribution >= 0.6 is 43.0 Å². The van der Waals surface area contributed by atoms with Crippen LogP contribution in [0.1, 0.15) is 18.4 Å². The topological polar surface area (TPSA) is 100 Å². The number of hydrogen-bond donors (Lipinski definition) is 5. The molecule has 0 fully saturated rings. The van der Waals surface area contributed by atoms with E-state index in [0.29, 0.717) is 18.5 Å². The van der Waals surface area contributed by atoms with E-state index in [1.54, 1.807) is 16.4 Å². The van der Waals surface area contributed by atoms with E-state index in [4.69, 9.17) is 33.3 Å². The van der Waals surface area contributed by atoms with E-state index in [-0.39, 0.29) is 21.2 Å². The quantitative estimate of drug-likeness (QED) is 0.128. The van der Waals surface area contributed by atoms with Crippen LogP contribution in [0.4, 0.5) is 23.7 Å². The van der Waals surface area contributed by atoms with Crippen molar-refractivity contribution >= 4 is 59.0 Å². The summed E-state index contributed by atoms with van der Waals surface area (Å²) in [6, 6.07) is 2.52. The Labute approximate surface area is 218 Å². The van der Waals surface area contributed by atoms with E-state index in [9.17, 15) is 18.0 Å². The molecule has 3 atom stereocenters. The zero-order valence-electron chi connectivity index (χ0n) is 18.6. The molecule has 35 heavy (non-hydrogen) atoms. The predicted molar refractivity (Wildman–Crippen MR) is 141 cm³/mol. The number of carbonyl (C=O) groups excluding carboxylic acids is 1. The monoisotopic (exact) mass is 646 g/mol. The van der Waals surface area contributed by atoms with Crippen LogP contribution in [0.5, 0.6) is 0 Å². The molecule has 0 saturated heterocycles. The standard InChI is InChI=1S/C22H25Cl2F3IN5O2/c1-30-12-28(11-29)20-19(24)18(8-9-31-20)35-15-5-2-13(3-6-15)32-21(34)33-14-4-7-17(23)16(10-14)22(25,26)27/h2,4-5,7-11,18-20,29-31H,3,6,12H2,1H3,(H2,32,33,34)/p+1. The van der Waals surface area contributed by atoms with E-state index < -0.39 is 42.6 Å². The van der Waals surface area contributed by atoms with Gasteiger partial charge in [0, 0.05) is 0 Å². The van der Waals surface area contributed by atoms with Gasteiger partial charge in [-0.1, -0.05) is 11.6 Å². The van der Waals surface area contributed by atoms with Crippen molar-refractivity contribution in [3.63, 3.8) is 0 Å². The number of halogens is 6. The number of nitrogens with one attached hydrogen (secondary N) is 4. The Morgan fingerprint density at radius 3 is 2.71 bits per heavy atom. The van der Waals surface area contributed by atoms with Crippen LogP contribution in [-0.4, -0.2) is 37.4 Å². The maximum absolute atomic E-state index is 13.0. The summed E-state index contributed by atoms with van der Waals surface area (Å²) in [6.45, 7) is 0. The molecule has 0 saturated carbocycles. The summed E-state index contributed by atoms with van der Waals surface area (Å²) >= 11 is 10.6.